The number of hydrogen-bond acceptors (Lipinski definition) is 3. The third kappa shape index (κ3) is 2.40. The molecule has 4 nitrogen and oxygen atoms in total. The standard InChI is InChI=1S/C12H16ClNO3S/c1-9-7-10(13)4-5-12(9)18(16,17)14-6-2-3-11(14)8-15/h4-5,7,11,15H,2-3,6,8H2,1H3/t11-/m1/s1. The van der Waals surface area contributed by atoms with E-state index < -0.39 is 10.0 Å². The molecule has 1 heterocycles. The number of nitrogens with zero attached hydrogens (tertiary/aromatic N) is 1. The Morgan fingerprint density at radius 1 is 1.50 bits per heavy atom. The lowest BCUT2D eigenvalue weighted by Gasteiger charge is -2.23. The number of benzene rings is 1. The highest BCUT2D eigenvalue weighted by molar-refractivity contribution is 7.89. The summed E-state index contributed by atoms with van der Waals surface area (Å²) in [6.45, 7) is 2.06. The van der Waals surface area contributed by atoms with Gasteiger partial charge in [-0.2, -0.15) is 4.31 Å². The van der Waals surface area contributed by atoms with Crippen LogP contribution in [-0.2, 0) is 10.0 Å². The van der Waals surface area contributed by atoms with Crippen LogP contribution in [0.4, 0.5) is 0 Å². The molecule has 6 heteroatoms. The lowest BCUT2D eigenvalue weighted by molar-refractivity contribution is 0.213. The van der Waals surface area contributed by atoms with Crippen molar-refractivity contribution in [3.63, 3.8) is 0 Å². The van der Waals surface area contributed by atoms with Crippen molar-refractivity contribution in [2.24, 2.45) is 0 Å². The van der Waals surface area contributed by atoms with E-state index in [0.717, 1.165) is 6.42 Å². The molecule has 1 aliphatic heterocycles. The fourth-order valence-electron chi connectivity index (χ4n) is 2.34. The second-order valence-corrected chi connectivity index (χ2v) is 6.80. The molecule has 1 aromatic rings. The molecule has 0 aromatic heterocycles. The minimum Gasteiger partial charge on any atom is -0.395 e. The first kappa shape index (κ1) is 13.8. The summed E-state index contributed by atoms with van der Waals surface area (Å²) >= 11 is 5.83. The van der Waals surface area contributed by atoms with Gasteiger partial charge < -0.3 is 5.11 Å². The van der Waals surface area contributed by atoms with Gasteiger partial charge in [0.25, 0.3) is 0 Å². The molecule has 0 bridgehead atoms. The van der Waals surface area contributed by atoms with E-state index in [1.54, 1.807) is 19.1 Å². The smallest absolute Gasteiger partial charge is 0.243 e. The molecule has 0 unspecified atom stereocenters. The van der Waals surface area contributed by atoms with Gasteiger partial charge >= 0.3 is 0 Å². The lowest BCUT2D eigenvalue weighted by atomic mass is 10.2. The summed E-state index contributed by atoms with van der Waals surface area (Å²) in [5.41, 5.74) is 0.631. The number of aliphatic hydroxyl groups excluding tert-OH is 1. The predicted octanol–water partition coefficient (Wildman–Crippen LogP) is 1.79. The van der Waals surface area contributed by atoms with Crippen molar-refractivity contribution in [2.75, 3.05) is 13.2 Å². The van der Waals surface area contributed by atoms with Crippen molar-refractivity contribution in [3.05, 3.63) is 28.8 Å². The molecule has 1 atom stereocenters. The molecule has 0 saturated carbocycles. The predicted molar refractivity (Wildman–Crippen MR) is 70.2 cm³/mol. The number of aryl methyl sites for hydroxylation is 1. The van der Waals surface area contributed by atoms with Crippen molar-refractivity contribution in [1.82, 2.24) is 4.31 Å². The van der Waals surface area contributed by atoms with Gasteiger partial charge in [-0.15, -0.1) is 0 Å². The Bertz CT molecular complexity index is 544. The summed E-state index contributed by atoms with van der Waals surface area (Å²) < 4.78 is 26.4. The first-order chi connectivity index (χ1) is 8.46. The van der Waals surface area contributed by atoms with Crippen molar-refractivity contribution in [3.8, 4) is 0 Å². The van der Waals surface area contributed by atoms with Gasteiger partial charge in [0.05, 0.1) is 11.5 Å². The van der Waals surface area contributed by atoms with Crippen LogP contribution in [0.25, 0.3) is 0 Å². The van der Waals surface area contributed by atoms with Crippen molar-refractivity contribution in [2.45, 2.75) is 30.7 Å². The van der Waals surface area contributed by atoms with Gasteiger partial charge in [-0.3, -0.25) is 0 Å². The van der Waals surface area contributed by atoms with E-state index in [9.17, 15) is 13.5 Å². The Morgan fingerprint density at radius 3 is 2.83 bits per heavy atom. The van der Waals surface area contributed by atoms with E-state index in [1.165, 1.54) is 10.4 Å². The van der Waals surface area contributed by atoms with E-state index in [0.29, 0.717) is 23.6 Å². The minimum atomic E-state index is -3.53. The Kier molecular flexibility index (Phi) is 3.96. The molecule has 0 amide bonds. The third-order valence-corrected chi connectivity index (χ3v) is 5.60. The molecular weight excluding hydrogens is 274 g/mol. The fraction of sp³-hybridized carbons (Fsp3) is 0.500. The summed E-state index contributed by atoms with van der Waals surface area (Å²) in [5, 5.41) is 9.75. The maximum absolute atomic E-state index is 12.5. The first-order valence-electron chi connectivity index (χ1n) is 5.85. The van der Waals surface area contributed by atoms with Crippen LogP contribution in [0.15, 0.2) is 23.1 Å². The average Bonchev–Trinajstić information content (AvgIpc) is 2.76. The molecule has 1 saturated heterocycles. The van der Waals surface area contributed by atoms with E-state index in [4.69, 9.17) is 11.6 Å². The van der Waals surface area contributed by atoms with E-state index >= 15 is 0 Å². The van der Waals surface area contributed by atoms with Crippen LogP contribution in [0.3, 0.4) is 0 Å². The van der Waals surface area contributed by atoms with Gasteiger partial charge in [-0.05, 0) is 43.5 Å². The molecule has 0 aliphatic carbocycles. The molecule has 1 fully saturated rings. The van der Waals surface area contributed by atoms with Gasteiger partial charge in [0.1, 0.15) is 0 Å². The maximum Gasteiger partial charge on any atom is 0.243 e. The van der Waals surface area contributed by atoms with Crippen LogP contribution in [0.5, 0.6) is 0 Å². The van der Waals surface area contributed by atoms with Crippen LogP contribution in [0, 0.1) is 6.92 Å². The summed E-state index contributed by atoms with van der Waals surface area (Å²) in [5.74, 6) is 0. The Labute approximate surface area is 112 Å². The van der Waals surface area contributed by atoms with Gasteiger partial charge in [0.15, 0.2) is 0 Å². The van der Waals surface area contributed by atoms with Crippen LogP contribution in [0.2, 0.25) is 5.02 Å². The summed E-state index contributed by atoms with van der Waals surface area (Å²) in [7, 11) is -3.53. The minimum absolute atomic E-state index is 0.133. The van der Waals surface area contributed by atoms with Gasteiger partial charge in [0.2, 0.25) is 10.0 Å². The third-order valence-electron chi connectivity index (χ3n) is 3.26. The Morgan fingerprint density at radius 2 is 2.22 bits per heavy atom. The van der Waals surface area contributed by atoms with Gasteiger partial charge in [-0.1, -0.05) is 11.6 Å². The fourth-order valence-corrected chi connectivity index (χ4v) is 4.46. The highest BCUT2D eigenvalue weighted by atomic mass is 35.5. The summed E-state index contributed by atoms with van der Waals surface area (Å²) in [4.78, 5) is 0.271. The summed E-state index contributed by atoms with van der Waals surface area (Å²) in [6.07, 6.45) is 1.50. The second-order valence-electron chi connectivity index (χ2n) is 4.50. The maximum atomic E-state index is 12.5. The Hall–Kier alpha value is -0.620. The zero-order valence-electron chi connectivity index (χ0n) is 10.1. The van der Waals surface area contributed by atoms with Crippen molar-refractivity contribution >= 4 is 21.6 Å². The van der Waals surface area contributed by atoms with Crippen molar-refractivity contribution < 1.29 is 13.5 Å². The average molecular weight is 290 g/mol. The Balaban J connectivity index is 2.42. The molecule has 0 radical (unpaired) electrons. The van der Waals surface area contributed by atoms with Gasteiger partial charge in [0, 0.05) is 17.6 Å². The van der Waals surface area contributed by atoms with Crippen LogP contribution in [-0.4, -0.2) is 37.0 Å². The zero-order valence-corrected chi connectivity index (χ0v) is 11.7. The quantitative estimate of drug-likeness (QED) is 0.923. The number of halogens is 1. The monoisotopic (exact) mass is 289 g/mol. The van der Waals surface area contributed by atoms with Crippen molar-refractivity contribution in [1.29, 1.82) is 0 Å². The molecule has 2 rings (SSSR count). The van der Waals surface area contributed by atoms with E-state index in [1.807, 2.05) is 0 Å². The number of sulfonamides is 1. The van der Waals surface area contributed by atoms with Gasteiger partial charge in [-0.25, -0.2) is 8.42 Å². The normalized spacial score (nSPS) is 21.4. The molecule has 0 spiro atoms. The topological polar surface area (TPSA) is 57.6 Å². The van der Waals surface area contributed by atoms with Crippen LogP contribution >= 0.6 is 11.6 Å². The van der Waals surface area contributed by atoms with E-state index in [2.05, 4.69) is 0 Å². The lowest BCUT2D eigenvalue weighted by Crippen LogP contribution is -2.37. The molecule has 1 aromatic carbocycles. The largest absolute Gasteiger partial charge is 0.395 e. The van der Waals surface area contributed by atoms with Crippen LogP contribution < -0.4 is 0 Å². The molecular formula is C12H16ClNO3S. The van der Waals surface area contributed by atoms with E-state index in [-0.39, 0.29) is 17.5 Å². The number of hydrogen-bond donors (Lipinski definition) is 1. The molecule has 1 aliphatic rings. The number of aliphatic hydroxyl groups is 1. The first-order valence-corrected chi connectivity index (χ1v) is 7.67. The molecule has 18 heavy (non-hydrogen) atoms. The number of rotatable bonds is 3. The second kappa shape index (κ2) is 5.17. The highest BCUT2D eigenvalue weighted by Crippen LogP contribution is 2.28. The molecule has 100 valence electrons. The van der Waals surface area contributed by atoms with Crippen LogP contribution in [0.1, 0.15) is 18.4 Å². The highest BCUT2D eigenvalue weighted by Gasteiger charge is 2.35. The SMILES string of the molecule is Cc1cc(Cl)ccc1S(=O)(=O)N1CCC[C@@H]1CO. The summed E-state index contributed by atoms with van der Waals surface area (Å²) in [6, 6.07) is 4.44. The zero-order chi connectivity index (χ0) is 13.3. The molecule has 1 N–H and O–H groups in total.